The van der Waals surface area contributed by atoms with Crippen molar-refractivity contribution in [3.63, 3.8) is 0 Å². The van der Waals surface area contributed by atoms with Crippen LogP contribution < -0.4 is 10.7 Å². The van der Waals surface area contributed by atoms with E-state index in [0.29, 0.717) is 5.00 Å². The normalized spacial score (nSPS) is 10.4. The van der Waals surface area contributed by atoms with Gasteiger partial charge in [0.15, 0.2) is 0 Å². The molecule has 1 heterocycles. The van der Waals surface area contributed by atoms with Crippen molar-refractivity contribution in [2.75, 3.05) is 11.6 Å². The lowest BCUT2D eigenvalue weighted by Gasteiger charge is -2.29. The van der Waals surface area contributed by atoms with Crippen molar-refractivity contribution in [1.29, 1.82) is 0 Å². The minimum atomic E-state index is -0.857. The monoisotopic (exact) mass is 328 g/mol. The maximum absolute atomic E-state index is 12.4. The number of urea groups is 1. The fraction of sp³-hybridized carbons (Fsp3) is 0.0625. The van der Waals surface area contributed by atoms with Crippen LogP contribution in [0.1, 0.15) is 5.56 Å². The van der Waals surface area contributed by atoms with Crippen LogP contribution in [0.2, 0.25) is 0 Å². The van der Waals surface area contributed by atoms with Gasteiger partial charge in [-0.2, -0.15) is 5.01 Å². The summed E-state index contributed by atoms with van der Waals surface area (Å²) in [5.41, 5.74) is 6.17. The van der Waals surface area contributed by atoms with Gasteiger partial charge in [0.2, 0.25) is 6.29 Å². The van der Waals surface area contributed by atoms with E-state index in [-0.39, 0.29) is 0 Å². The number of thiophene rings is 1. The van der Waals surface area contributed by atoms with Crippen LogP contribution in [0.15, 0.2) is 53.9 Å². The number of rotatable bonds is 5. The van der Waals surface area contributed by atoms with Gasteiger partial charge in [0.25, 0.3) is 5.91 Å². The summed E-state index contributed by atoms with van der Waals surface area (Å²) < 4.78 is 0. The molecule has 0 fully saturated rings. The molecule has 2 N–H and O–H groups in total. The van der Waals surface area contributed by atoms with Crippen molar-refractivity contribution >= 4 is 40.6 Å². The lowest BCUT2D eigenvalue weighted by molar-refractivity contribution is -0.125. The molecule has 2 rings (SSSR count). The van der Waals surface area contributed by atoms with E-state index in [4.69, 9.17) is 5.73 Å². The van der Waals surface area contributed by atoms with E-state index in [0.717, 1.165) is 15.6 Å². The Balaban J connectivity index is 2.25. The van der Waals surface area contributed by atoms with Crippen molar-refractivity contribution in [2.45, 2.75) is 0 Å². The van der Waals surface area contributed by atoms with Crippen LogP contribution in [0.4, 0.5) is 9.80 Å². The van der Waals surface area contributed by atoms with E-state index in [1.807, 2.05) is 30.3 Å². The van der Waals surface area contributed by atoms with Crippen molar-refractivity contribution in [3.05, 3.63) is 59.5 Å². The zero-order chi connectivity index (χ0) is 16.7. The predicted molar refractivity (Wildman–Crippen MR) is 89.3 cm³/mol. The number of hydrogen-bond donors (Lipinski definition) is 1. The Morgan fingerprint density at radius 3 is 2.48 bits per heavy atom. The van der Waals surface area contributed by atoms with Gasteiger partial charge < -0.3 is 5.73 Å². The van der Waals surface area contributed by atoms with E-state index in [1.54, 1.807) is 29.9 Å². The van der Waals surface area contributed by atoms with Gasteiger partial charge in [-0.3, -0.25) is 9.59 Å². The summed E-state index contributed by atoms with van der Waals surface area (Å²) in [6.45, 7) is -0.404. The van der Waals surface area contributed by atoms with Crippen molar-refractivity contribution < 1.29 is 14.4 Å². The summed E-state index contributed by atoms with van der Waals surface area (Å²) in [7, 11) is 0. The summed E-state index contributed by atoms with van der Waals surface area (Å²) in [6, 6.07) is 11.7. The zero-order valence-corrected chi connectivity index (χ0v) is 12.9. The number of anilines is 1. The Hall–Kier alpha value is -2.93. The van der Waals surface area contributed by atoms with Crippen LogP contribution in [0.25, 0.3) is 6.08 Å². The fourth-order valence-corrected chi connectivity index (χ4v) is 2.61. The van der Waals surface area contributed by atoms with E-state index < -0.39 is 18.5 Å². The molecule has 0 aliphatic carbocycles. The first-order valence-electron chi connectivity index (χ1n) is 6.66. The van der Waals surface area contributed by atoms with Crippen LogP contribution in [0.5, 0.6) is 0 Å². The van der Waals surface area contributed by atoms with Crippen molar-refractivity contribution in [3.8, 4) is 0 Å². The number of hydrogen-bond acceptors (Lipinski definition) is 4. The largest absolute Gasteiger partial charge is 0.350 e. The van der Waals surface area contributed by atoms with Crippen LogP contribution in [0, 0.1) is 0 Å². The number of benzene rings is 1. The third-order valence-electron chi connectivity index (χ3n) is 2.85. The highest BCUT2D eigenvalue weighted by atomic mass is 32.1. The molecule has 0 saturated heterocycles. The van der Waals surface area contributed by atoms with Gasteiger partial charge >= 0.3 is 6.03 Å². The first kappa shape index (κ1) is 16.4. The van der Waals surface area contributed by atoms with Gasteiger partial charge in [0.1, 0.15) is 11.5 Å². The molecule has 117 valence electrons. The Bertz CT molecular complexity index is 699. The summed E-state index contributed by atoms with van der Waals surface area (Å²) in [5, 5.41) is 4.08. The van der Waals surface area contributed by atoms with Crippen LogP contribution in [-0.2, 0) is 9.59 Å². The molecule has 0 bridgehead atoms. The standard InChI is InChI=1S/C16H14N3O3S/c17-16(22)19(15-7-4-12-23-15)18(10-11-20)14(21)9-8-13-5-2-1-3-6-13/h1-9,12H,10H2,(H2,17,22)/b9-8+. The predicted octanol–water partition coefficient (Wildman–Crippen LogP) is 2.20. The molecule has 0 atom stereocenters. The van der Waals surface area contributed by atoms with Gasteiger partial charge in [0.05, 0.1) is 0 Å². The second-order valence-corrected chi connectivity index (χ2v) is 5.31. The average molecular weight is 328 g/mol. The SMILES string of the molecule is NC(=O)N(c1cccs1)N(C[C]=O)C(=O)/C=C/c1ccccc1. The lowest BCUT2D eigenvalue weighted by Crippen LogP contribution is -2.52. The molecular weight excluding hydrogens is 314 g/mol. The van der Waals surface area contributed by atoms with Gasteiger partial charge in [-0.1, -0.05) is 30.3 Å². The van der Waals surface area contributed by atoms with E-state index >= 15 is 0 Å². The number of nitrogens with two attached hydrogens (primary N) is 1. The van der Waals surface area contributed by atoms with Gasteiger partial charge in [-0.15, -0.1) is 11.3 Å². The van der Waals surface area contributed by atoms with Crippen molar-refractivity contribution in [1.82, 2.24) is 5.01 Å². The molecule has 0 saturated carbocycles. The Morgan fingerprint density at radius 1 is 1.17 bits per heavy atom. The molecule has 0 aliphatic rings. The fourth-order valence-electron chi connectivity index (χ4n) is 1.86. The molecule has 7 heteroatoms. The first-order valence-corrected chi connectivity index (χ1v) is 7.54. The highest BCUT2D eigenvalue weighted by Gasteiger charge is 2.25. The molecule has 23 heavy (non-hydrogen) atoms. The second-order valence-electron chi connectivity index (χ2n) is 4.39. The molecule has 1 aromatic carbocycles. The first-order chi connectivity index (χ1) is 11.1. The second kappa shape index (κ2) is 7.90. The molecule has 2 aromatic rings. The minimum absolute atomic E-state index is 0.404. The molecule has 6 nitrogen and oxygen atoms in total. The van der Waals surface area contributed by atoms with Crippen LogP contribution in [-0.4, -0.2) is 29.8 Å². The molecule has 1 aromatic heterocycles. The summed E-state index contributed by atoms with van der Waals surface area (Å²) >= 11 is 1.22. The van der Waals surface area contributed by atoms with E-state index in [2.05, 4.69) is 0 Å². The maximum atomic E-state index is 12.4. The van der Waals surface area contributed by atoms with E-state index in [9.17, 15) is 14.4 Å². The Kier molecular flexibility index (Phi) is 5.65. The number of nitrogens with zero attached hydrogens (tertiary/aromatic N) is 2. The highest BCUT2D eigenvalue weighted by Crippen LogP contribution is 2.23. The number of primary amides is 1. The highest BCUT2D eigenvalue weighted by molar-refractivity contribution is 7.14. The number of carbonyl (C=O) groups excluding carboxylic acids is 3. The Labute approximate surface area is 137 Å². The molecule has 0 spiro atoms. The molecule has 1 radical (unpaired) electrons. The van der Waals surface area contributed by atoms with Crippen LogP contribution in [0.3, 0.4) is 0 Å². The summed E-state index contributed by atoms with van der Waals surface area (Å²) in [4.78, 5) is 34.8. The third kappa shape index (κ3) is 4.27. The average Bonchev–Trinajstić information content (AvgIpc) is 3.07. The topological polar surface area (TPSA) is 83.7 Å². The Morgan fingerprint density at radius 2 is 1.91 bits per heavy atom. The lowest BCUT2D eigenvalue weighted by atomic mass is 10.2. The smallest absolute Gasteiger partial charge is 0.339 e. The number of amides is 3. The quantitative estimate of drug-likeness (QED) is 0.674. The third-order valence-corrected chi connectivity index (χ3v) is 3.70. The van der Waals surface area contributed by atoms with Gasteiger partial charge in [-0.25, -0.2) is 9.80 Å². The number of carbonyl (C=O) groups is 2. The van der Waals surface area contributed by atoms with Crippen LogP contribution >= 0.6 is 11.3 Å². The van der Waals surface area contributed by atoms with E-state index in [1.165, 1.54) is 17.4 Å². The number of hydrazine groups is 1. The molecule has 0 aliphatic heterocycles. The van der Waals surface area contributed by atoms with Gasteiger partial charge in [-0.05, 0) is 29.2 Å². The summed E-state index contributed by atoms with van der Waals surface area (Å²) in [6.07, 6.45) is 4.49. The summed E-state index contributed by atoms with van der Waals surface area (Å²) in [5.74, 6) is -0.551. The van der Waals surface area contributed by atoms with Crippen molar-refractivity contribution in [2.24, 2.45) is 5.73 Å². The zero-order valence-electron chi connectivity index (χ0n) is 12.1. The molecular formula is C16H14N3O3S. The molecule has 0 unspecified atom stereocenters. The van der Waals surface area contributed by atoms with Gasteiger partial charge in [0, 0.05) is 6.08 Å². The minimum Gasteiger partial charge on any atom is -0.350 e. The molecule has 3 amide bonds. The maximum Gasteiger partial charge on any atom is 0.339 e.